The summed E-state index contributed by atoms with van der Waals surface area (Å²) in [6, 6.07) is 4.41. The highest BCUT2D eigenvalue weighted by Gasteiger charge is 2.43. The number of amides is 3. The molecule has 0 unspecified atom stereocenters. The molecule has 2 aromatic rings. The summed E-state index contributed by atoms with van der Waals surface area (Å²) in [6.07, 6.45) is 0. The fourth-order valence-electron chi connectivity index (χ4n) is 2.69. The van der Waals surface area contributed by atoms with Crippen LogP contribution in [0.2, 0.25) is 0 Å². The summed E-state index contributed by atoms with van der Waals surface area (Å²) in [5, 5.41) is 3.83. The van der Waals surface area contributed by atoms with Gasteiger partial charge in [0, 0.05) is 11.3 Å². The van der Waals surface area contributed by atoms with Crippen molar-refractivity contribution in [1.29, 1.82) is 0 Å². The molecule has 0 N–H and O–H groups in total. The van der Waals surface area contributed by atoms with Gasteiger partial charge in [0.2, 0.25) is 0 Å². The Kier molecular flexibility index (Phi) is 3.63. The number of hydrogen-bond donors (Lipinski definition) is 0. The number of anilines is 1. The monoisotopic (exact) mass is 317 g/mol. The van der Waals surface area contributed by atoms with E-state index in [2.05, 4.69) is 5.16 Å². The number of carbonyl (C=O) groups is 2. The van der Waals surface area contributed by atoms with Crippen molar-refractivity contribution in [3.05, 3.63) is 47.1 Å². The minimum atomic E-state index is -0.645. The molecule has 0 bridgehead atoms. The first kappa shape index (κ1) is 15.2. The van der Waals surface area contributed by atoms with Crippen molar-refractivity contribution < 1.29 is 18.5 Å². The maximum Gasteiger partial charge on any atom is 0.332 e. The summed E-state index contributed by atoms with van der Waals surface area (Å²) >= 11 is 0. The maximum atomic E-state index is 13.1. The number of carbonyl (C=O) groups excluding carboxylic acids is 2. The van der Waals surface area contributed by atoms with Gasteiger partial charge in [0.15, 0.2) is 0 Å². The molecule has 120 valence electrons. The smallest absolute Gasteiger partial charge is 0.332 e. The second-order valence-electron chi connectivity index (χ2n) is 5.53. The van der Waals surface area contributed by atoms with Crippen LogP contribution in [0, 0.1) is 19.7 Å². The van der Waals surface area contributed by atoms with Gasteiger partial charge in [0.1, 0.15) is 17.6 Å². The molecule has 0 radical (unpaired) electrons. The van der Waals surface area contributed by atoms with Crippen LogP contribution >= 0.6 is 0 Å². The van der Waals surface area contributed by atoms with Gasteiger partial charge in [0.25, 0.3) is 5.91 Å². The Labute approximate surface area is 132 Å². The first-order chi connectivity index (χ1) is 10.9. The molecule has 7 heteroatoms. The second-order valence-corrected chi connectivity index (χ2v) is 5.53. The van der Waals surface area contributed by atoms with Crippen LogP contribution in [0.15, 0.2) is 28.8 Å². The van der Waals surface area contributed by atoms with E-state index in [4.69, 9.17) is 4.52 Å². The highest BCUT2D eigenvalue weighted by Crippen LogP contribution is 2.28. The van der Waals surface area contributed by atoms with Gasteiger partial charge in [-0.1, -0.05) is 5.16 Å². The molecule has 1 aromatic carbocycles. The van der Waals surface area contributed by atoms with E-state index in [-0.39, 0.29) is 12.5 Å². The zero-order valence-electron chi connectivity index (χ0n) is 13.0. The molecule has 1 aliphatic rings. The van der Waals surface area contributed by atoms with Crippen LogP contribution in [0.25, 0.3) is 0 Å². The Morgan fingerprint density at radius 2 is 1.87 bits per heavy atom. The van der Waals surface area contributed by atoms with Gasteiger partial charge in [-0.3, -0.25) is 14.6 Å². The van der Waals surface area contributed by atoms with Gasteiger partial charge >= 0.3 is 6.03 Å². The van der Waals surface area contributed by atoms with Crippen molar-refractivity contribution in [2.24, 2.45) is 0 Å². The lowest BCUT2D eigenvalue weighted by Crippen LogP contribution is -2.33. The van der Waals surface area contributed by atoms with Crippen LogP contribution in [-0.2, 0) is 11.3 Å². The summed E-state index contributed by atoms with van der Waals surface area (Å²) in [5.74, 6) is -0.123. The number of nitrogens with zero attached hydrogens (tertiary/aromatic N) is 3. The third kappa shape index (κ3) is 2.48. The first-order valence-corrected chi connectivity index (χ1v) is 7.22. The Balaban J connectivity index is 1.90. The Hall–Kier alpha value is -2.70. The lowest BCUT2D eigenvalue weighted by Gasteiger charge is -2.19. The van der Waals surface area contributed by atoms with Crippen LogP contribution in [0.4, 0.5) is 14.9 Å². The molecular formula is C16H16FN3O3. The minimum Gasteiger partial charge on any atom is -0.361 e. The van der Waals surface area contributed by atoms with E-state index in [1.165, 1.54) is 34.1 Å². The predicted molar refractivity (Wildman–Crippen MR) is 80.3 cm³/mol. The number of urea groups is 1. The Morgan fingerprint density at radius 1 is 1.22 bits per heavy atom. The van der Waals surface area contributed by atoms with Crippen molar-refractivity contribution >= 4 is 17.6 Å². The number of imide groups is 1. The molecule has 2 heterocycles. The lowest BCUT2D eigenvalue weighted by atomic mass is 10.2. The molecule has 1 aliphatic heterocycles. The third-order valence-corrected chi connectivity index (χ3v) is 4.05. The predicted octanol–water partition coefficient (Wildman–Crippen LogP) is 2.79. The molecule has 0 aliphatic carbocycles. The highest BCUT2D eigenvalue weighted by molar-refractivity contribution is 6.13. The van der Waals surface area contributed by atoms with Crippen LogP contribution < -0.4 is 4.90 Å². The van der Waals surface area contributed by atoms with Crippen LogP contribution in [0.1, 0.15) is 23.9 Å². The number of halogens is 1. The summed E-state index contributed by atoms with van der Waals surface area (Å²) in [5.41, 5.74) is 1.86. The number of hydrogen-bond acceptors (Lipinski definition) is 4. The summed E-state index contributed by atoms with van der Waals surface area (Å²) in [6.45, 7) is 5.26. The van der Waals surface area contributed by atoms with Crippen LogP contribution in [0.5, 0.6) is 0 Å². The van der Waals surface area contributed by atoms with E-state index >= 15 is 0 Å². The fraction of sp³-hybridized carbons (Fsp3) is 0.312. The van der Waals surface area contributed by atoms with Gasteiger partial charge in [-0.15, -0.1) is 0 Å². The second kappa shape index (κ2) is 5.49. The molecule has 3 amide bonds. The van der Waals surface area contributed by atoms with Crippen molar-refractivity contribution in [2.45, 2.75) is 33.4 Å². The Bertz CT molecular complexity index is 750. The molecule has 1 fully saturated rings. The van der Waals surface area contributed by atoms with Gasteiger partial charge in [-0.25, -0.2) is 9.18 Å². The van der Waals surface area contributed by atoms with E-state index in [1.54, 1.807) is 20.8 Å². The molecule has 1 saturated heterocycles. The molecule has 1 aromatic heterocycles. The first-order valence-electron chi connectivity index (χ1n) is 7.22. The van der Waals surface area contributed by atoms with Crippen molar-refractivity contribution in [2.75, 3.05) is 4.90 Å². The zero-order valence-corrected chi connectivity index (χ0v) is 13.0. The van der Waals surface area contributed by atoms with Crippen molar-refractivity contribution in [1.82, 2.24) is 10.1 Å². The van der Waals surface area contributed by atoms with Gasteiger partial charge in [0.05, 0.1) is 12.2 Å². The summed E-state index contributed by atoms with van der Waals surface area (Å²) < 4.78 is 18.1. The maximum absolute atomic E-state index is 13.1. The summed E-state index contributed by atoms with van der Waals surface area (Å²) in [7, 11) is 0. The van der Waals surface area contributed by atoms with Gasteiger partial charge in [-0.2, -0.15) is 0 Å². The fourth-order valence-corrected chi connectivity index (χ4v) is 2.69. The van der Waals surface area contributed by atoms with Crippen LogP contribution in [-0.4, -0.2) is 28.0 Å². The van der Waals surface area contributed by atoms with E-state index in [1.807, 2.05) is 0 Å². The average molecular weight is 317 g/mol. The lowest BCUT2D eigenvalue weighted by molar-refractivity contribution is -0.127. The molecule has 6 nitrogen and oxygen atoms in total. The van der Waals surface area contributed by atoms with Crippen molar-refractivity contribution in [3.63, 3.8) is 0 Å². The number of rotatable bonds is 3. The van der Waals surface area contributed by atoms with Gasteiger partial charge < -0.3 is 4.52 Å². The third-order valence-electron chi connectivity index (χ3n) is 4.05. The molecule has 0 saturated carbocycles. The van der Waals surface area contributed by atoms with E-state index in [9.17, 15) is 14.0 Å². The molecule has 1 atom stereocenters. The normalized spacial score (nSPS) is 18.2. The van der Waals surface area contributed by atoms with Gasteiger partial charge in [-0.05, 0) is 45.0 Å². The molecule has 3 rings (SSSR count). The average Bonchev–Trinajstić information content (AvgIpc) is 2.94. The standard InChI is InChI=1S/C16H16FN3O3/c1-9-14(11(3)23-18-9)8-19-15(21)10(2)20(16(19)22)13-6-4-12(17)5-7-13/h4-7,10H,8H2,1-3H3/t10-/m0/s1. The summed E-state index contributed by atoms with van der Waals surface area (Å²) in [4.78, 5) is 27.6. The minimum absolute atomic E-state index is 0.112. The SMILES string of the molecule is Cc1noc(C)c1CN1C(=O)[C@H](C)N(c2ccc(F)cc2)C1=O. The number of aryl methyl sites for hydroxylation is 2. The van der Waals surface area contributed by atoms with E-state index < -0.39 is 17.9 Å². The van der Waals surface area contributed by atoms with Crippen LogP contribution in [0.3, 0.4) is 0 Å². The Morgan fingerprint density at radius 3 is 2.43 bits per heavy atom. The van der Waals surface area contributed by atoms with E-state index in [0.717, 1.165) is 5.56 Å². The molecular weight excluding hydrogens is 301 g/mol. The molecule has 23 heavy (non-hydrogen) atoms. The van der Waals surface area contributed by atoms with Crippen molar-refractivity contribution in [3.8, 4) is 0 Å². The topological polar surface area (TPSA) is 66.7 Å². The quantitative estimate of drug-likeness (QED) is 0.816. The zero-order chi connectivity index (χ0) is 16.7. The largest absolute Gasteiger partial charge is 0.361 e. The molecule has 0 spiro atoms. The number of aromatic nitrogens is 1. The van der Waals surface area contributed by atoms with E-state index in [0.29, 0.717) is 17.1 Å². The number of benzene rings is 1. The highest BCUT2D eigenvalue weighted by atomic mass is 19.1.